The predicted octanol–water partition coefficient (Wildman–Crippen LogP) is 1.30. The summed E-state index contributed by atoms with van der Waals surface area (Å²) in [5, 5.41) is 12.3. The van der Waals surface area contributed by atoms with E-state index in [9.17, 15) is 9.90 Å². The number of ether oxygens (including phenoxy) is 1. The Morgan fingerprint density at radius 2 is 2.21 bits per heavy atom. The molecule has 1 unspecified atom stereocenters. The third kappa shape index (κ3) is 3.82. The van der Waals surface area contributed by atoms with Crippen molar-refractivity contribution in [2.24, 2.45) is 0 Å². The number of rotatable bonds is 5. The van der Waals surface area contributed by atoms with Crippen LogP contribution < -0.4 is 5.32 Å². The van der Waals surface area contributed by atoms with E-state index < -0.39 is 6.29 Å². The van der Waals surface area contributed by atoms with Gasteiger partial charge in [0.2, 0.25) is 5.13 Å². The first-order valence-electron chi connectivity index (χ1n) is 5.59. The number of carbonyl (C=O) groups is 1. The number of methoxy groups -OCH3 is 1. The third-order valence-corrected chi connectivity index (χ3v) is 3.02. The average Bonchev–Trinajstić information content (AvgIpc) is 2.86. The molecule has 0 spiro atoms. The lowest BCUT2D eigenvalue weighted by atomic mass is 10.2. The highest BCUT2D eigenvalue weighted by atomic mass is 32.1. The summed E-state index contributed by atoms with van der Waals surface area (Å²) in [6.45, 7) is 0. The molecule has 0 aliphatic heterocycles. The quantitative estimate of drug-likeness (QED) is 0.806. The first-order valence-corrected chi connectivity index (χ1v) is 6.36. The summed E-state index contributed by atoms with van der Waals surface area (Å²) in [7, 11) is 1.40. The van der Waals surface area contributed by atoms with Gasteiger partial charge in [0.1, 0.15) is 5.82 Å². The molecule has 1 amide bonds. The Morgan fingerprint density at radius 3 is 2.89 bits per heavy atom. The van der Waals surface area contributed by atoms with Crippen LogP contribution in [-0.4, -0.2) is 33.8 Å². The number of aliphatic hydroxyl groups excluding tert-OH is 1. The van der Waals surface area contributed by atoms with Gasteiger partial charge in [0.15, 0.2) is 6.29 Å². The molecule has 1 aromatic heterocycles. The summed E-state index contributed by atoms with van der Waals surface area (Å²) in [6, 6.07) is 8.84. The van der Waals surface area contributed by atoms with Crippen LogP contribution in [0.15, 0.2) is 30.3 Å². The van der Waals surface area contributed by atoms with E-state index >= 15 is 0 Å². The van der Waals surface area contributed by atoms with Crippen molar-refractivity contribution in [2.45, 2.75) is 12.7 Å². The monoisotopic (exact) mass is 279 g/mol. The van der Waals surface area contributed by atoms with Crippen LogP contribution in [0.25, 0.3) is 0 Å². The zero-order valence-corrected chi connectivity index (χ0v) is 11.1. The molecule has 0 radical (unpaired) electrons. The Morgan fingerprint density at radius 1 is 1.47 bits per heavy atom. The van der Waals surface area contributed by atoms with Gasteiger partial charge in [-0.15, -0.1) is 0 Å². The molecule has 1 atom stereocenters. The smallest absolute Gasteiger partial charge is 0.257 e. The van der Waals surface area contributed by atoms with E-state index in [1.807, 2.05) is 6.07 Å². The number of hydrogen-bond acceptors (Lipinski definition) is 6. The Balaban J connectivity index is 1.98. The van der Waals surface area contributed by atoms with Gasteiger partial charge in [-0.1, -0.05) is 18.2 Å². The molecular weight excluding hydrogens is 266 g/mol. The van der Waals surface area contributed by atoms with Crippen molar-refractivity contribution in [3.63, 3.8) is 0 Å². The van der Waals surface area contributed by atoms with Crippen LogP contribution in [0.3, 0.4) is 0 Å². The first-order chi connectivity index (χ1) is 9.19. The molecule has 7 heteroatoms. The maximum absolute atomic E-state index is 11.9. The van der Waals surface area contributed by atoms with Crippen LogP contribution in [0, 0.1) is 0 Å². The molecule has 0 saturated carbocycles. The maximum Gasteiger partial charge on any atom is 0.257 e. The molecule has 0 aliphatic rings. The van der Waals surface area contributed by atoms with Crippen molar-refractivity contribution in [3.8, 4) is 0 Å². The minimum Gasteiger partial charge on any atom is -0.368 e. The van der Waals surface area contributed by atoms with Gasteiger partial charge in [0.05, 0.1) is 6.42 Å². The molecule has 6 nitrogen and oxygen atoms in total. The topological polar surface area (TPSA) is 84.3 Å². The van der Waals surface area contributed by atoms with Gasteiger partial charge in [-0.05, 0) is 12.1 Å². The van der Waals surface area contributed by atoms with E-state index in [2.05, 4.69) is 14.7 Å². The van der Waals surface area contributed by atoms with Gasteiger partial charge in [0, 0.05) is 24.2 Å². The molecule has 0 saturated heterocycles. The highest BCUT2D eigenvalue weighted by Gasteiger charge is 2.12. The number of nitrogens with zero attached hydrogens (tertiary/aromatic N) is 2. The van der Waals surface area contributed by atoms with E-state index in [1.165, 1.54) is 7.11 Å². The van der Waals surface area contributed by atoms with Crippen LogP contribution in [0.4, 0.5) is 5.13 Å². The van der Waals surface area contributed by atoms with Gasteiger partial charge in [-0.3, -0.25) is 10.1 Å². The fraction of sp³-hybridized carbons (Fsp3) is 0.250. The molecule has 1 heterocycles. The van der Waals surface area contributed by atoms with Crippen molar-refractivity contribution < 1.29 is 14.6 Å². The highest BCUT2D eigenvalue weighted by Crippen LogP contribution is 2.13. The molecule has 2 N–H and O–H groups in total. The fourth-order valence-corrected chi connectivity index (χ4v) is 1.98. The summed E-state index contributed by atoms with van der Waals surface area (Å²) in [6.07, 6.45) is -0.749. The molecule has 0 fully saturated rings. The third-order valence-electron chi connectivity index (χ3n) is 2.35. The van der Waals surface area contributed by atoms with E-state index in [0.717, 1.165) is 11.5 Å². The summed E-state index contributed by atoms with van der Waals surface area (Å²) >= 11 is 1.07. The van der Waals surface area contributed by atoms with E-state index in [1.54, 1.807) is 24.3 Å². The molecule has 0 aliphatic carbocycles. The molecule has 2 rings (SSSR count). The van der Waals surface area contributed by atoms with Crippen molar-refractivity contribution >= 4 is 22.6 Å². The first kappa shape index (κ1) is 13.6. The van der Waals surface area contributed by atoms with E-state index in [-0.39, 0.29) is 12.3 Å². The van der Waals surface area contributed by atoms with Crippen LogP contribution in [0.5, 0.6) is 0 Å². The zero-order valence-electron chi connectivity index (χ0n) is 10.2. The lowest BCUT2D eigenvalue weighted by molar-refractivity contribution is -0.0730. The second kappa shape index (κ2) is 6.37. The lowest BCUT2D eigenvalue weighted by Crippen LogP contribution is -2.14. The second-order valence-corrected chi connectivity index (χ2v) is 4.48. The summed E-state index contributed by atoms with van der Waals surface area (Å²) < 4.78 is 8.73. The van der Waals surface area contributed by atoms with Crippen LogP contribution in [0.1, 0.15) is 16.2 Å². The molecule has 1 aromatic carbocycles. The van der Waals surface area contributed by atoms with Gasteiger partial charge in [-0.2, -0.15) is 4.37 Å². The van der Waals surface area contributed by atoms with E-state index in [0.29, 0.717) is 16.5 Å². The Hall–Kier alpha value is -1.83. The van der Waals surface area contributed by atoms with Crippen LogP contribution in [0.2, 0.25) is 0 Å². The Labute approximate surface area is 114 Å². The maximum atomic E-state index is 11.9. The van der Waals surface area contributed by atoms with Crippen molar-refractivity contribution in [1.29, 1.82) is 0 Å². The fourth-order valence-electron chi connectivity index (χ4n) is 1.39. The summed E-state index contributed by atoms with van der Waals surface area (Å²) in [4.78, 5) is 16.0. The Kier molecular flexibility index (Phi) is 4.56. The molecule has 19 heavy (non-hydrogen) atoms. The number of carbonyl (C=O) groups excluding carboxylic acids is 1. The number of benzene rings is 1. The lowest BCUT2D eigenvalue weighted by Gasteiger charge is -2.03. The highest BCUT2D eigenvalue weighted by molar-refractivity contribution is 7.09. The number of anilines is 1. The molecule has 2 aromatic rings. The number of aromatic nitrogens is 2. The summed E-state index contributed by atoms with van der Waals surface area (Å²) in [5.74, 6) is 0.193. The molecular formula is C12H13N3O3S. The number of aliphatic hydroxyl groups is 1. The van der Waals surface area contributed by atoms with E-state index in [4.69, 9.17) is 4.74 Å². The predicted molar refractivity (Wildman–Crippen MR) is 71.0 cm³/mol. The molecule has 100 valence electrons. The largest absolute Gasteiger partial charge is 0.368 e. The van der Waals surface area contributed by atoms with Crippen molar-refractivity contribution in [1.82, 2.24) is 9.36 Å². The van der Waals surface area contributed by atoms with Crippen molar-refractivity contribution in [3.05, 3.63) is 41.7 Å². The molecule has 0 bridgehead atoms. The number of nitrogens with one attached hydrogen (secondary N) is 1. The second-order valence-electron chi connectivity index (χ2n) is 3.73. The SMILES string of the molecule is COC(O)Cc1nsc(NC(=O)c2ccccc2)n1. The zero-order chi connectivity index (χ0) is 13.7. The van der Waals surface area contributed by atoms with Gasteiger partial charge in [-0.25, -0.2) is 4.98 Å². The van der Waals surface area contributed by atoms with Crippen LogP contribution >= 0.6 is 11.5 Å². The van der Waals surface area contributed by atoms with Gasteiger partial charge in [0.25, 0.3) is 5.91 Å². The number of hydrogen-bond donors (Lipinski definition) is 2. The van der Waals surface area contributed by atoms with Gasteiger partial charge < -0.3 is 9.84 Å². The number of amides is 1. The van der Waals surface area contributed by atoms with Gasteiger partial charge >= 0.3 is 0 Å². The van der Waals surface area contributed by atoms with Crippen LogP contribution in [-0.2, 0) is 11.2 Å². The standard InChI is InChI=1S/C12H13N3O3S/c1-18-10(16)7-9-13-12(19-15-9)14-11(17)8-5-3-2-4-6-8/h2-6,10,16H,7H2,1H3,(H,13,14,15,17). The Bertz CT molecular complexity index is 544. The minimum atomic E-state index is -0.938. The summed E-state index contributed by atoms with van der Waals surface area (Å²) in [5.41, 5.74) is 0.552. The minimum absolute atomic E-state index is 0.189. The van der Waals surface area contributed by atoms with Crippen molar-refractivity contribution in [2.75, 3.05) is 12.4 Å². The normalized spacial score (nSPS) is 12.1. The average molecular weight is 279 g/mol.